The van der Waals surface area contributed by atoms with Gasteiger partial charge in [-0.3, -0.25) is 4.90 Å². The summed E-state index contributed by atoms with van der Waals surface area (Å²) in [5, 5.41) is 14.0. The third-order valence-corrected chi connectivity index (χ3v) is 5.05. The standard InChI is InChI=1S/C20H25ClN2O/c1-15-6-7-16(10-20(15)21)11-22-12-17-4-2-3-5-18(17)13-23-9-8-19(24)14-23/h2-7,10,19,22,24H,8-9,11-14H2,1H3. The molecule has 0 spiro atoms. The molecule has 1 fully saturated rings. The van der Waals surface area contributed by atoms with E-state index in [1.54, 1.807) is 0 Å². The van der Waals surface area contributed by atoms with Crippen molar-refractivity contribution >= 4 is 11.6 Å². The van der Waals surface area contributed by atoms with Crippen LogP contribution < -0.4 is 5.32 Å². The highest BCUT2D eigenvalue weighted by Gasteiger charge is 2.20. The number of aliphatic hydroxyl groups is 1. The molecule has 1 aliphatic heterocycles. The van der Waals surface area contributed by atoms with Crippen LogP contribution in [0.2, 0.25) is 5.02 Å². The minimum Gasteiger partial charge on any atom is -0.392 e. The smallest absolute Gasteiger partial charge is 0.0679 e. The van der Waals surface area contributed by atoms with Crippen LogP contribution in [0.5, 0.6) is 0 Å². The molecule has 0 saturated carbocycles. The minimum atomic E-state index is -0.165. The molecule has 2 aromatic carbocycles. The molecule has 1 aliphatic rings. The van der Waals surface area contributed by atoms with Crippen LogP contribution >= 0.6 is 11.6 Å². The fourth-order valence-electron chi connectivity index (χ4n) is 3.17. The third kappa shape index (κ3) is 4.58. The first-order valence-corrected chi connectivity index (χ1v) is 8.92. The van der Waals surface area contributed by atoms with E-state index in [-0.39, 0.29) is 6.10 Å². The predicted octanol–water partition coefficient (Wildman–Crippen LogP) is 3.50. The topological polar surface area (TPSA) is 35.5 Å². The first kappa shape index (κ1) is 17.4. The van der Waals surface area contributed by atoms with Crippen LogP contribution in [0, 0.1) is 6.92 Å². The van der Waals surface area contributed by atoms with Crippen molar-refractivity contribution in [1.82, 2.24) is 10.2 Å². The Morgan fingerprint density at radius 2 is 1.96 bits per heavy atom. The number of rotatable bonds is 6. The first-order valence-electron chi connectivity index (χ1n) is 8.55. The number of nitrogens with zero attached hydrogens (tertiary/aromatic N) is 1. The van der Waals surface area contributed by atoms with E-state index in [0.29, 0.717) is 0 Å². The monoisotopic (exact) mass is 344 g/mol. The SMILES string of the molecule is Cc1ccc(CNCc2ccccc2CN2CCC(O)C2)cc1Cl. The molecule has 1 unspecified atom stereocenters. The summed E-state index contributed by atoms with van der Waals surface area (Å²) in [5.41, 5.74) is 4.96. The van der Waals surface area contributed by atoms with Gasteiger partial charge in [-0.05, 0) is 41.7 Å². The molecular formula is C20H25ClN2O. The van der Waals surface area contributed by atoms with Gasteiger partial charge in [0.1, 0.15) is 0 Å². The molecule has 0 amide bonds. The van der Waals surface area contributed by atoms with Gasteiger partial charge in [-0.1, -0.05) is 48.0 Å². The molecule has 128 valence electrons. The fourth-order valence-corrected chi connectivity index (χ4v) is 3.37. The van der Waals surface area contributed by atoms with Crippen molar-refractivity contribution in [3.8, 4) is 0 Å². The second-order valence-corrected chi connectivity index (χ2v) is 7.04. The van der Waals surface area contributed by atoms with E-state index in [2.05, 4.69) is 46.6 Å². The van der Waals surface area contributed by atoms with Crippen LogP contribution in [0.3, 0.4) is 0 Å². The Morgan fingerprint density at radius 3 is 2.67 bits per heavy atom. The molecule has 0 radical (unpaired) electrons. The molecular weight excluding hydrogens is 320 g/mol. The Balaban J connectivity index is 1.57. The van der Waals surface area contributed by atoms with E-state index in [1.807, 2.05) is 13.0 Å². The molecule has 0 aliphatic carbocycles. The summed E-state index contributed by atoms with van der Waals surface area (Å²) in [6.45, 7) is 6.32. The second kappa shape index (κ2) is 8.13. The van der Waals surface area contributed by atoms with Gasteiger partial charge in [0.25, 0.3) is 0 Å². The molecule has 24 heavy (non-hydrogen) atoms. The zero-order valence-electron chi connectivity index (χ0n) is 14.1. The van der Waals surface area contributed by atoms with Crippen molar-refractivity contribution in [1.29, 1.82) is 0 Å². The van der Waals surface area contributed by atoms with Gasteiger partial charge < -0.3 is 10.4 Å². The van der Waals surface area contributed by atoms with E-state index in [0.717, 1.165) is 49.7 Å². The van der Waals surface area contributed by atoms with Crippen molar-refractivity contribution in [2.45, 2.75) is 39.1 Å². The van der Waals surface area contributed by atoms with Crippen LogP contribution in [0.1, 0.15) is 28.7 Å². The average molecular weight is 345 g/mol. The number of benzene rings is 2. The number of aryl methyl sites for hydroxylation is 1. The molecule has 0 aromatic heterocycles. The zero-order valence-corrected chi connectivity index (χ0v) is 14.9. The van der Waals surface area contributed by atoms with Crippen LogP contribution in [-0.4, -0.2) is 29.2 Å². The Kier molecular flexibility index (Phi) is 5.90. The van der Waals surface area contributed by atoms with Crippen LogP contribution in [0.4, 0.5) is 0 Å². The highest BCUT2D eigenvalue weighted by atomic mass is 35.5. The van der Waals surface area contributed by atoms with Gasteiger partial charge in [-0.15, -0.1) is 0 Å². The number of aliphatic hydroxyl groups excluding tert-OH is 1. The van der Waals surface area contributed by atoms with Crippen LogP contribution in [-0.2, 0) is 19.6 Å². The lowest BCUT2D eigenvalue weighted by Gasteiger charge is -2.18. The Bertz CT molecular complexity index is 689. The maximum Gasteiger partial charge on any atom is 0.0679 e. The summed E-state index contributed by atoms with van der Waals surface area (Å²) < 4.78 is 0. The van der Waals surface area contributed by atoms with Crippen molar-refractivity contribution in [2.75, 3.05) is 13.1 Å². The van der Waals surface area contributed by atoms with E-state index < -0.39 is 0 Å². The summed E-state index contributed by atoms with van der Waals surface area (Å²) in [4.78, 5) is 2.32. The maximum absolute atomic E-state index is 9.69. The number of nitrogens with one attached hydrogen (secondary N) is 1. The van der Waals surface area contributed by atoms with E-state index in [1.165, 1.54) is 16.7 Å². The molecule has 1 heterocycles. The van der Waals surface area contributed by atoms with Crippen molar-refractivity contribution < 1.29 is 5.11 Å². The molecule has 1 atom stereocenters. The summed E-state index contributed by atoms with van der Waals surface area (Å²) in [7, 11) is 0. The lowest BCUT2D eigenvalue weighted by molar-refractivity contribution is 0.174. The highest BCUT2D eigenvalue weighted by Crippen LogP contribution is 2.18. The molecule has 2 aromatic rings. The molecule has 1 saturated heterocycles. The quantitative estimate of drug-likeness (QED) is 0.841. The summed E-state index contributed by atoms with van der Waals surface area (Å²) in [6.07, 6.45) is 0.718. The Morgan fingerprint density at radius 1 is 1.17 bits per heavy atom. The van der Waals surface area contributed by atoms with Crippen molar-refractivity contribution in [3.63, 3.8) is 0 Å². The van der Waals surface area contributed by atoms with Gasteiger partial charge in [-0.25, -0.2) is 0 Å². The number of β-amino-alcohol motifs (C(OH)–C–C–N with tert-alkyl or cyclic N) is 1. The van der Waals surface area contributed by atoms with Gasteiger partial charge in [-0.2, -0.15) is 0 Å². The fraction of sp³-hybridized carbons (Fsp3) is 0.400. The average Bonchev–Trinajstić information content (AvgIpc) is 2.97. The second-order valence-electron chi connectivity index (χ2n) is 6.63. The van der Waals surface area contributed by atoms with E-state index in [9.17, 15) is 5.11 Å². The van der Waals surface area contributed by atoms with Gasteiger partial charge >= 0.3 is 0 Å². The normalized spacial score (nSPS) is 18.2. The van der Waals surface area contributed by atoms with Gasteiger partial charge in [0.05, 0.1) is 6.10 Å². The van der Waals surface area contributed by atoms with Crippen LogP contribution in [0.15, 0.2) is 42.5 Å². The zero-order chi connectivity index (χ0) is 16.9. The maximum atomic E-state index is 9.69. The van der Waals surface area contributed by atoms with Crippen molar-refractivity contribution in [3.05, 3.63) is 69.7 Å². The number of likely N-dealkylation sites (tertiary alicyclic amines) is 1. The number of hydrogen-bond acceptors (Lipinski definition) is 3. The van der Waals surface area contributed by atoms with Gasteiger partial charge in [0.2, 0.25) is 0 Å². The lowest BCUT2D eigenvalue weighted by atomic mass is 10.1. The van der Waals surface area contributed by atoms with Gasteiger partial charge in [0.15, 0.2) is 0 Å². The highest BCUT2D eigenvalue weighted by molar-refractivity contribution is 6.31. The molecule has 3 nitrogen and oxygen atoms in total. The van der Waals surface area contributed by atoms with Gasteiger partial charge in [0, 0.05) is 37.7 Å². The van der Waals surface area contributed by atoms with Crippen molar-refractivity contribution in [2.24, 2.45) is 0 Å². The molecule has 2 N–H and O–H groups in total. The largest absolute Gasteiger partial charge is 0.392 e. The number of halogens is 1. The van der Waals surface area contributed by atoms with Crippen LogP contribution in [0.25, 0.3) is 0 Å². The Labute approximate surface area is 149 Å². The first-order chi connectivity index (χ1) is 11.6. The number of hydrogen-bond donors (Lipinski definition) is 2. The third-order valence-electron chi connectivity index (χ3n) is 4.64. The minimum absolute atomic E-state index is 0.165. The predicted molar refractivity (Wildman–Crippen MR) is 99.1 cm³/mol. The molecule has 0 bridgehead atoms. The van der Waals surface area contributed by atoms with E-state index >= 15 is 0 Å². The molecule has 4 heteroatoms. The lowest BCUT2D eigenvalue weighted by Crippen LogP contribution is -2.23. The summed E-state index contributed by atoms with van der Waals surface area (Å²) >= 11 is 6.19. The van der Waals surface area contributed by atoms with E-state index in [4.69, 9.17) is 11.6 Å². The molecule has 3 rings (SSSR count). The summed E-state index contributed by atoms with van der Waals surface area (Å²) in [6, 6.07) is 14.7. The summed E-state index contributed by atoms with van der Waals surface area (Å²) in [5.74, 6) is 0. The Hall–Kier alpha value is -1.39.